The summed E-state index contributed by atoms with van der Waals surface area (Å²) in [6, 6.07) is 15.7. The molecule has 3 aromatic rings. The number of amides is 2. The number of carbonyl (C=O) groups is 2. The number of benzene rings is 3. The van der Waals surface area contributed by atoms with Crippen molar-refractivity contribution in [2.45, 2.75) is 26.2 Å². The minimum absolute atomic E-state index is 0.0933. The molecule has 0 radical (unpaired) electrons. The first-order valence-corrected chi connectivity index (χ1v) is 10.4. The second-order valence-corrected chi connectivity index (χ2v) is 8.66. The summed E-state index contributed by atoms with van der Waals surface area (Å²) in [6.07, 6.45) is 0. The quantitative estimate of drug-likeness (QED) is 0.483. The van der Waals surface area contributed by atoms with Crippen molar-refractivity contribution in [2.75, 3.05) is 12.4 Å². The third-order valence-corrected chi connectivity index (χ3v) is 5.11. The van der Waals surface area contributed by atoms with E-state index in [2.05, 4.69) is 10.6 Å². The van der Waals surface area contributed by atoms with E-state index in [1.807, 2.05) is 26.8 Å². The van der Waals surface area contributed by atoms with Crippen LogP contribution in [0.25, 0.3) is 0 Å². The van der Waals surface area contributed by atoms with Crippen LogP contribution < -0.4 is 15.4 Å². The Morgan fingerprint density at radius 2 is 1.69 bits per heavy atom. The van der Waals surface area contributed by atoms with E-state index >= 15 is 0 Å². The zero-order valence-corrected chi connectivity index (χ0v) is 19.0. The van der Waals surface area contributed by atoms with Crippen molar-refractivity contribution < 1.29 is 18.7 Å². The second-order valence-electron chi connectivity index (χ2n) is 8.25. The van der Waals surface area contributed by atoms with Crippen LogP contribution in [-0.4, -0.2) is 18.9 Å². The molecule has 0 unspecified atom stereocenters. The van der Waals surface area contributed by atoms with Gasteiger partial charge in [-0.1, -0.05) is 44.5 Å². The molecule has 5 nitrogen and oxygen atoms in total. The fraction of sp³-hybridized carbons (Fsp3) is 0.200. The number of rotatable bonds is 5. The van der Waals surface area contributed by atoms with Crippen molar-refractivity contribution in [3.05, 3.63) is 88.2 Å². The summed E-state index contributed by atoms with van der Waals surface area (Å²) in [5, 5.41) is 5.44. The van der Waals surface area contributed by atoms with Crippen molar-refractivity contribution in [2.24, 2.45) is 0 Å². The molecule has 0 fully saturated rings. The minimum atomic E-state index is -0.486. The molecule has 0 aliphatic carbocycles. The highest BCUT2D eigenvalue weighted by Crippen LogP contribution is 2.35. The fourth-order valence-electron chi connectivity index (χ4n) is 3.02. The van der Waals surface area contributed by atoms with Gasteiger partial charge in [-0.05, 0) is 59.5 Å². The van der Waals surface area contributed by atoms with Crippen LogP contribution in [0.15, 0.2) is 60.7 Å². The Morgan fingerprint density at radius 3 is 2.34 bits per heavy atom. The summed E-state index contributed by atoms with van der Waals surface area (Å²) in [5.41, 5.74) is 1.90. The maximum absolute atomic E-state index is 13.4. The van der Waals surface area contributed by atoms with E-state index in [0.29, 0.717) is 11.3 Å². The van der Waals surface area contributed by atoms with Crippen LogP contribution >= 0.6 is 11.6 Å². The normalized spacial score (nSPS) is 11.1. The Hall–Kier alpha value is -3.38. The molecule has 0 aliphatic rings. The molecule has 32 heavy (non-hydrogen) atoms. The van der Waals surface area contributed by atoms with E-state index < -0.39 is 11.7 Å². The van der Waals surface area contributed by atoms with Crippen LogP contribution in [0.4, 0.5) is 10.1 Å². The highest BCUT2D eigenvalue weighted by molar-refractivity contribution is 6.32. The van der Waals surface area contributed by atoms with Crippen LogP contribution in [0.1, 0.15) is 47.1 Å². The van der Waals surface area contributed by atoms with Gasteiger partial charge in [0.05, 0.1) is 10.6 Å². The van der Waals surface area contributed by atoms with Gasteiger partial charge in [-0.2, -0.15) is 0 Å². The predicted octanol–water partition coefficient (Wildman–Crippen LogP) is 6.18. The van der Waals surface area contributed by atoms with Crippen LogP contribution in [0.5, 0.6) is 11.5 Å². The molecule has 0 saturated heterocycles. The molecule has 2 amide bonds. The summed E-state index contributed by atoms with van der Waals surface area (Å²) in [4.78, 5) is 25.0. The van der Waals surface area contributed by atoms with E-state index in [9.17, 15) is 14.0 Å². The molecule has 0 heterocycles. The van der Waals surface area contributed by atoms with Gasteiger partial charge in [0.25, 0.3) is 11.8 Å². The molecule has 0 spiro atoms. The van der Waals surface area contributed by atoms with E-state index in [1.165, 1.54) is 19.2 Å². The molecule has 0 aromatic heterocycles. The van der Waals surface area contributed by atoms with E-state index in [0.717, 1.165) is 11.6 Å². The lowest BCUT2D eigenvalue weighted by atomic mass is 9.86. The van der Waals surface area contributed by atoms with Gasteiger partial charge in [-0.25, -0.2) is 4.39 Å². The van der Waals surface area contributed by atoms with Gasteiger partial charge in [-0.3, -0.25) is 9.59 Å². The topological polar surface area (TPSA) is 67.4 Å². The number of carbonyl (C=O) groups excluding carboxylic acids is 2. The van der Waals surface area contributed by atoms with Crippen LogP contribution in [-0.2, 0) is 5.41 Å². The number of hydrogen-bond donors (Lipinski definition) is 2. The van der Waals surface area contributed by atoms with Crippen LogP contribution in [0.2, 0.25) is 5.02 Å². The highest BCUT2D eigenvalue weighted by atomic mass is 35.5. The highest BCUT2D eigenvalue weighted by Gasteiger charge is 2.21. The van der Waals surface area contributed by atoms with Gasteiger partial charge >= 0.3 is 0 Å². The van der Waals surface area contributed by atoms with Gasteiger partial charge in [-0.15, -0.1) is 0 Å². The maximum atomic E-state index is 13.4. The van der Waals surface area contributed by atoms with Crippen molar-refractivity contribution in [3.8, 4) is 11.5 Å². The number of hydrogen-bond acceptors (Lipinski definition) is 3. The third-order valence-electron chi connectivity index (χ3n) is 4.82. The largest absolute Gasteiger partial charge is 0.455 e. The van der Waals surface area contributed by atoms with Crippen LogP contribution in [0.3, 0.4) is 0 Å². The van der Waals surface area contributed by atoms with Crippen LogP contribution in [0, 0.1) is 5.82 Å². The Labute approximate surface area is 191 Å². The average molecular weight is 455 g/mol. The van der Waals surface area contributed by atoms with E-state index in [4.69, 9.17) is 16.3 Å². The van der Waals surface area contributed by atoms with Crippen molar-refractivity contribution >= 4 is 29.1 Å². The number of nitrogens with one attached hydrogen (secondary N) is 2. The van der Waals surface area contributed by atoms with Crippen molar-refractivity contribution in [1.82, 2.24) is 5.32 Å². The van der Waals surface area contributed by atoms with Gasteiger partial charge in [0, 0.05) is 18.3 Å². The van der Waals surface area contributed by atoms with Crippen molar-refractivity contribution in [1.29, 1.82) is 0 Å². The molecule has 7 heteroatoms. The SMILES string of the molecule is CNC(=O)c1cccc(NC(=O)c2ccc(C(C)(C)C)cc2Oc2ccc(F)cc2Cl)c1. The number of halogens is 2. The molecule has 0 bridgehead atoms. The second kappa shape index (κ2) is 9.40. The minimum Gasteiger partial charge on any atom is -0.455 e. The predicted molar refractivity (Wildman–Crippen MR) is 124 cm³/mol. The lowest BCUT2D eigenvalue weighted by Gasteiger charge is -2.21. The maximum Gasteiger partial charge on any atom is 0.259 e. The zero-order chi connectivity index (χ0) is 23.5. The zero-order valence-electron chi connectivity index (χ0n) is 18.3. The third kappa shape index (κ3) is 5.45. The molecule has 0 aliphatic heterocycles. The van der Waals surface area contributed by atoms with E-state index in [-0.39, 0.29) is 33.4 Å². The molecule has 166 valence electrons. The molecule has 0 atom stereocenters. The molecule has 2 N–H and O–H groups in total. The summed E-state index contributed by atoms with van der Waals surface area (Å²) in [6.45, 7) is 6.13. The van der Waals surface area contributed by atoms with Gasteiger partial charge in [0.1, 0.15) is 17.3 Å². The summed E-state index contributed by atoms with van der Waals surface area (Å²) < 4.78 is 19.4. The summed E-state index contributed by atoms with van der Waals surface area (Å²) in [7, 11) is 1.54. The van der Waals surface area contributed by atoms with Gasteiger partial charge in [0.15, 0.2) is 0 Å². The standard InChI is InChI=1S/C25H24ClFN2O3/c1-25(2,3)16-8-10-19(22(13-16)32-21-11-9-17(27)14-20(21)26)24(31)29-18-7-5-6-15(12-18)23(30)28-4/h5-14H,1-4H3,(H,28,30)(H,29,31). The Bertz CT molecular complexity index is 1170. The number of anilines is 1. The molecular formula is C25H24ClFN2O3. The first-order chi connectivity index (χ1) is 15.1. The molecule has 3 aromatic carbocycles. The van der Waals surface area contributed by atoms with Gasteiger partial charge in [0.2, 0.25) is 0 Å². The van der Waals surface area contributed by atoms with Crippen molar-refractivity contribution in [3.63, 3.8) is 0 Å². The summed E-state index contributed by atoms with van der Waals surface area (Å²) >= 11 is 6.13. The molecular weight excluding hydrogens is 431 g/mol. The smallest absolute Gasteiger partial charge is 0.259 e. The lowest BCUT2D eigenvalue weighted by molar-refractivity contribution is 0.0961. The summed E-state index contributed by atoms with van der Waals surface area (Å²) in [5.74, 6) is -0.654. The van der Waals surface area contributed by atoms with Gasteiger partial charge < -0.3 is 15.4 Å². The first-order valence-electron chi connectivity index (χ1n) is 9.99. The molecule has 3 rings (SSSR count). The Kier molecular flexibility index (Phi) is 6.84. The first kappa shape index (κ1) is 23.3. The Morgan fingerprint density at radius 1 is 0.938 bits per heavy atom. The lowest BCUT2D eigenvalue weighted by Crippen LogP contribution is -2.19. The van der Waals surface area contributed by atoms with E-state index in [1.54, 1.807) is 36.4 Å². The monoisotopic (exact) mass is 454 g/mol. The fourth-order valence-corrected chi connectivity index (χ4v) is 3.22. The Balaban J connectivity index is 1.97. The number of ether oxygens (including phenoxy) is 1. The molecule has 0 saturated carbocycles. The average Bonchev–Trinajstić information content (AvgIpc) is 2.74.